The number of carbonyl (C=O) groups is 1. The molecule has 3 heteroatoms. The molecule has 3 aromatic rings. The van der Waals surface area contributed by atoms with Crippen molar-refractivity contribution < 1.29 is 14.3 Å². The van der Waals surface area contributed by atoms with E-state index < -0.39 is 0 Å². The highest BCUT2D eigenvalue weighted by Gasteiger charge is 2.24. The Bertz CT molecular complexity index is 977. The molecule has 0 aromatic heterocycles. The fourth-order valence-electron chi connectivity index (χ4n) is 4.40. The highest BCUT2D eigenvalue weighted by Crippen LogP contribution is 2.37. The zero-order valence-corrected chi connectivity index (χ0v) is 20.6. The molecule has 0 radical (unpaired) electrons. The van der Waals surface area contributed by atoms with E-state index in [9.17, 15) is 4.79 Å². The molecule has 0 fully saturated rings. The average Bonchev–Trinajstić information content (AvgIpc) is 2.90. The summed E-state index contributed by atoms with van der Waals surface area (Å²) in [4.78, 5) is 12.5. The Labute approximate surface area is 204 Å². The lowest BCUT2D eigenvalue weighted by molar-refractivity contribution is -0.111. The molecule has 34 heavy (non-hydrogen) atoms. The second-order valence-corrected chi connectivity index (χ2v) is 8.63. The molecule has 3 nitrogen and oxygen atoms in total. The number of carbonyl (C=O) groups excluding carboxylic acids is 1. The zero-order valence-electron chi connectivity index (χ0n) is 20.6. The summed E-state index contributed by atoms with van der Waals surface area (Å²) < 4.78 is 11.1. The van der Waals surface area contributed by atoms with Gasteiger partial charge in [0.15, 0.2) is 0 Å². The Morgan fingerprint density at radius 2 is 1.35 bits per heavy atom. The van der Waals surface area contributed by atoms with E-state index in [0.29, 0.717) is 0 Å². The minimum Gasteiger partial charge on any atom is -0.497 e. The molecule has 0 aliphatic carbocycles. The average molecular weight is 457 g/mol. The maximum Gasteiger partial charge on any atom is 0.123 e. The molecule has 0 heterocycles. The highest BCUT2D eigenvalue weighted by molar-refractivity contribution is 5.81. The Balaban J connectivity index is 2.14. The van der Waals surface area contributed by atoms with Crippen molar-refractivity contribution in [3.63, 3.8) is 0 Å². The van der Waals surface area contributed by atoms with Crippen LogP contribution in [0.1, 0.15) is 61.6 Å². The quantitative estimate of drug-likeness (QED) is 0.195. The molecular weight excluding hydrogens is 420 g/mol. The molecule has 0 aliphatic heterocycles. The van der Waals surface area contributed by atoms with E-state index in [1.807, 2.05) is 30.3 Å². The molecule has 3 rings (SSSR count). The van der Waals surface area contributed by atoms with Crippen LogP contribution in [0.4, 0.5) is 0 Å². The van der Waals surface area contributed by atoms with Crippen molar-refractivity contribution in [2.24, 2.45) is 5.92 Å². The van der Waals surface area contributed by atoms with Crippen LogP contribution >= 0.6 is 0 Å². The van der Waals surface area contributed by atoms with Crippen LogP contribution in [-0.2, 0) is 4.79 Å². The number of unbranched alkanes of at least 4 members (excludes halogenated alkanes) is 3. The first-order valence-electron chi connectivity index (χ1n) is 12.2. The van der Waals surface area contributed by atoms with Gasteiger partial charge in [-0.05, 0) is 40.8 Å². The van der Waals surface area contributed by atoms with E-state index in [1.54, 1.807) is 14.2 Å². The third kappa shape index (κ3) is 6.84. The van der Waals surface area contributed by atoms with Gasteiger partial charge >= 0.3 is 0 Å². The number of ether oxygens (including phenoxy) is 2. The standard InChI is InChI=1S/C31H36O3/c1-4-5-6-9-18-26(23-32)31(27-19-28(33-2)21-29(20-27)34-3)22-30(24-14-10-7-11-15-24)25-16-12-8-13-17-25/h7-8,10-17,19-23,26,31H,4-6,9,18H2,1-3H3/t26-,31?/m1/s1. The van der Waals surface area contributed by atoms with Gasteiger partial charge in [0.1, 0.15) is 17.8 Å². The van der Waals surface area contributed by atoms with Crippen molar-refractivity contribution in [1.82, 2.24) is 0 Å². The maximum absolute atomic E-state index is 12.5. The largest absolute Gasteiger partial charge is 0.497 e. The predicted molar refractivity (Wildman–Crippen MR) is 141 cm³/mol. The van der Waals surface area contributed by atoms with E-state index in [2.05, 4.69) is 61.5 Å². The highest BCUT2D eigenvalue weighted by atomic mass is 16.5. The van der Waals surface area contributed by atoms with Crippen LogP contribution in [0, 0.1) is 5.92 Å². The Kier molecular flexibility index (Phi) is 9.97. The molecule has 3 aromatic carbocycles. The van der Waals surface area contributed by atoms with Gasteiger partial charge in [-0.1, -0.05) is 99.3 Å². The van der Waals surface area contributed by atoms with Crippen LogP contribution < -0.4 is 9.47 Å². The van der Waals surface area contributed by atoms with Crippen molar-refractivity contribution in [3.05, 3.63) is 102 Å². The van der Waals surface area contributed by atoms with Crippen LogP contribution in [0.5, 0.6) is 11.5 Å². The molecule has 0 saturated carbocycles. The van der Waals surface area contributed by atoms with Crippen LogP contribution in [0.25, 0.3) is 5.57 Å². The van der Waals surface area contributed by atoms with Gasteiger partial charge in [0.2, 0.25) is 0 Å². The molecule has 2 atom stereocenters. The lowest BCUT2D eigenvalue weighted by atomic mass is 9.80. The van der Waals surface area contributed by atoms with Crippen molar-refractivity contribution in [3.8, 4) is 11.5 Å². The van der Waals surface area contributed by atoms with Crippen LogP contribution in [-0.4, -0.2) is 20.5 Å². The predicted octanol–water partition coefficient (Wildman–Crippen LogP) is 7.70. The number of methoxy groups -OCH3 is 2. The second kappa shape index (κ2) is 13.4. The Morgan fingerprint density at radius 1 is 0.794 bits per heavy atom. The van der Waals surface area contributed by atoms with E-state index in [4.69, 9.17) is 9.47 Å². The second-order valence-electron chi connectivity index (χ2n) is 8.63. The van der Waals surface area contributed by atoms with Crippen molar-refractivity contribution >= 4 is 11.9 Å². The summed E-state index contributed by atoms with van der Waals surface area (Å²) in [6, 6.07) is 26.7. The summed E-state index contributed by atoms with van der Waals surface area (Å²) in [7, 11) is 3.31. The number of benzene rings is 3. The molecule has 0 N–H and O–H groups in total. The number of hydrogen-bond donors (Lipinski definition) is 0. The van der Waals surface area contributed by atoms with E-state index >= 15 is 0 Å². The molecule has 1 unspecified atom stereocenters. The summed E-state index contributed by atoms with van der Waals surface area (Å²) >= 11 is 0. The molecular formula is C31H36O3. The van der Waals surface area contributed by atoms with Gasteiger partial charge in [0, 0.05) is 17.9 Å². The van der Waals surface area contributed by atoms with Crippen molar-refractivity contribution in [2.75, 3.05) is 14.2 Å². The maximum atomic E-state index is 12.5. The number of aldehydes is 1. The van der Waals surface area contributed by atoms with Gasteiger partial charge in [-0.25, -0.2) is 0 Å². The minimum absolute atomic E-state index is 0.112. The molecule has 0 saturated heterocycles. The van der Waals surface area contributed by atoms with Crippen LogP contribution in [0.2, 0.25) is 0 Å². The van der Waals surface area contributed by atoms with Crippen molar-refractivity contribution in [1.29, 1.82) is 0 Å². The SMILES string of the molecule is CCCCCC[C@H](C=O)C(C=C(c1ccccc1)c1ccccc1)c1cc(OC)cc(OC)c1. The van der Waals surface area contributed by atoms with Crippen molar-refractivity contribution in [2.45, 2.75) is 44.9 Å². The first-order chi connectivity index (χ1) is 16.7. The fraction of sp³-hybridized carbons (Fsp3) is 0.323. The van der Waals surface area contributed by atoms with Gasteiger partial charge in [-0.3, -0.25) is 0 Å². The first-order valence-corrected chi connectivity index (χ1v) is 12.2. The molecule has 0 amide bonds. The summed E-state index contributed by atoms with van der Waals surface area (Å²) in [6.45, 7) is 2.21. The monoisotopic (exact) mass is 456 g/mol. The van der Waals surface area contributed by atoms with Gasteiger partial charge in [0.25, 0.3) is 0 Å². The fourth-order valence-corrected chi connectivity index (χ4v) is 4.40. The van der Waals surface area contributed by atoms with E-state index in [-0.39, 0.29) is 11.8 Å². The summed E-state index contributed by atoms with van der Waals surface area (Å²) in [5.74, 6) is 1.20. The summed E-state index contributed by atoms with van der Waals surface area (Å²) in [5, 5.41) is 0. The Hall–Kier alpha value is -3.33. The number of hydrogen-bond acceptors (Lipinski definition) is 3. The molecule has 0 spiro atoms. The first kappa shape index (κ1) is 25.3. The smallest absolute Gasteiger partial charge is 0.123 e. The minimum atomic E-state index is -0.143. The van der Waals surface area contributed by atoms with Gasteiger partial charge in [-0.2, -0.15) is 0 Å². The Morgan fingerprint density at radius 3 is 1.82 bits per heavy atom. The summed E-state index contributed by atoms with van der Waals surface area (Å²) in [5.41, 5.74) is 4.40. The normalized spacial score (nSPS) is 12.4. The lowest BCUT2D eigenvalue weighted by Gasteiger charge is -2.24. The third-order valence-corrected chi connectivity index (χ3v) is 6.30. The topological polar surface area (TPSA) is 35.5 Å². The van der Waals surface area contributed by atoms with Crippen LogP contribution in [0.3, 0.4) is 0 Å². The lowest BCUT2D eigenvalue weighted by Crippen LogP contribution is -2.14. The van der Waals surface area contributed by atoms with Gasteiger partial charge in [0.05, 0.1) is 14.2 Å². The third-order valence-electron chi connectivity index (χ3n) is 6.30. The molecule has 0 aliphatic rings. The molecule has 0 bridgehead atoms. The van der Waals surface area contributed by atoms with Gasteiger partial charge in [-0.15, -0.1) is 0 Å². The zero-order chi connectivity index (χ0) is 24.2. The van der Waals surface area contributed by atoms with E-state index in [1.165, 1.54) is 12.8 Å². The number of allylic oxidation sites excluding steroid dienone is 1. The molecule has 178 valence electrons. The van der Waals surface area contributed by atoms with E-state index in [0.717, 1.165) is 59.3 Å². The van der Waals surface area contributed by atoms with Gasteiger partial charge < -0.3 is 14.3 Å². The number of rotatable bonds is 13. The van der Waals surface area contributed by atoms with Crippen LogP contribution in [0.15, 0.2) is 84.9 Å². The summed E-state index contributed by atoms with van der Waals surface area (Å²) in [6.07, 6.45) is 8.79.